The molecule has 1 aliphatic rings. The molecule has 0 unspecified atom stereocenters. The molecule has 1 aromatic heterocycles. The highest BCUT2D eigenvalue weighted by atomic mass is 32.2. The molecule has 1 aliphatic heterocycles. The fourth-order valence-corrected chi connectivity index (χ4v) is 6.00. The standard InChI is InChI=1S/C17H21NO3S2/c19-14-17(12-15-6-2-1-3-7-15)9-5-10-18(13-17)23(20,21)16-8-4-11-22-16/h1-4,6-8,11,19H,5,9-10,12-14H2/t17-/m0/s1. The summed E-state index contributed by atoms with van der Waals surface area (Å²) in [5.74, 6) is 0. The van der Waals surface area contributed by atoms with Crippen molar-refractivity contribution in [2.45, 2.75) is 23.5 Å². The van der Waals surface area contributed by atoms with Crippen LogP contribution in [-0.2, 0) is 16.4 Å². The minimum Gasteiger partial charge on any atom is -0.396 e. The zero-order valence-electron chi connectivity index (χ0n) is 12.9. The molecule has 1 fully saturated rings. The number of aliphatic hydroxyl groups excluding tert-OH is 1. The van der Waals surface area contributed by atoms with E-state index in [2.05, 4.69) is 0 Å². The van der Waals surface area contributed by atoms with Gasteiger partial charge in [0, 0.05) is 18.5 Å². The molecule has 0 amide bonds. The van der Waals surface area contributed by atoms with Gasteiger partial charge < -0.3 is 5.11 Å². The number of rotatable bonds is 5. The lowest BCUT2D eigenvalue weighted by molar-refractivity contribution is 0.0646. The third-order valence-electron chi connectivity index (χ3n) is 4.47. The number of nitrogens with zero attached hydrogens (tertiary/aromatic N) is 1. The van der Waals surface area contributed by atoms with E-state index in [9.17, 15) is 13.5 Å². The largest absolute Gasteiger partial charge is 0.396 e. The number of hydrogen-bond donors (Lipinski definition) is 1. The molecule has 2 aromatic rings. The molecule has 0 aliphatic carbocycles. The van der Waals surface area contributed by atoms with E-state index >= 15 is 0 Å². The first-order valence-electron chi connectivity index (χ1n) is 7.74. The van der Waals surface area contributed by atoms with Gasteiger partial charge in [0.1, 0.15) is 4.21 Å². The van der Waals surface area contributed by atoms with Crippen LogP contribution in [0.15, 0.2) is 52.1 Å². The van der Waals surface area contributed by atoms with Gasteiger partial charge in [0.05, 0.1) is 6.61 Å². The van der Waals surface area contributed by atoms with E-state index in [1.807, 2.05) is 30.3 Å². The van der Waals surface area contributed by atoms with Crippen molar-refractivity contribution in [1.82, 2.24) is 4.31 Å². The van der Waals surface area contributed by atoms with Crippen LogP contribution < -0.4 is 0 Å². The second-order valence-electron chi connectivity index (χ2n) is 6.19. The summed E-state index contributed by atoms with van der Waals surface area (Å²) in [7, 11) is -3.45. The summed E-state index contributed by atoms with van der Waals surface area (Å²) in [6.07, 6.45) is 2.31. The van der Waals surface area contributed by atoms with Gasteiger partial charge in [-0.3, -0.25) is 0 Å². The Morgan fingerprint density at radius 2 is 1.96 bits per heavy atom. The van der Waals surface area contributed by atoms with Crippen LogP contribution in [0.1, 0.15) is 18.4 Å². The van der Waals surface area contributed by atoms with Crippen LogP contribution in [0.2, 0.25) is 0 Å². The normalized spacial score (nSPS) is 23.0. The maximum Gasteiger partial charge on any atom is 0.252 e. The minimum atomic E-state index is -3.45. The molecule has 0 radical (unpaired) electrons. The first-order chi connectivity index (χ1) is 11.1. The molecule has 4 nitrogen and oxygen atoms in total. The Balaban J connectivity index is 1.84. The number of sulfonamides is 1. The second-order valence-corrected chi connectivity index (χ2v) is 9.31. The van der Waals surface area contributed by atoms with Gasteiger partial charge in [0.15, 0.2) is 0 Å². The lowest BCUT2D eigenvalue weighted by Crippen LogP contribution is -2.48. The molecule has 3 rings (SSSR count). The van der Waals surface area contributed by atoms with Gasteiger partial charge in [0.2, 0.25) is 0 Å². The Morgan fingerprint density at radius 1 is 1.17 bits per heavy atom. The number of benzene rings is 1. The summed E-state index contributed by atoms with van der Waals surface area (Å²) in [6.45, 7) is 0.897. The van der Waals surface area contributed by atoms with Gasteiger partial charge in [-0.2, -0.15) is 4.31 Å². The van der Waals surface area contributed by atoms with Crippen molar-refractivity contribution in [3.63, 3.8) is 0 Å². The zero-order valence-corrected chi connectivity index (χ0v) is 14.5. The van der Waals surface area contributed by atoms with Crippen LogP contribution in [0.3, 0.4) is 0 Å². The van der Waals surface area contributed by atoms with Crippen LogP contribution in [0.4, 0.5) is 0 Å². The van der Waals surface area contributed by atoms with Gasteiger partial charge in [-0.15, -0.1) is 11.3 Å². The van der Waals surface area contributed by atoms with E-state index in [1.54, 1.807) is 21.8 Å². The third kappa shape index (κ3) is 3.50. The van der Waals surface area contributed by atoms with Gasteiger partial charge in [0.25, 0.3) is 10.0 Å². The molecular weight excluding hydrogens is 330 g/mol. The highest BCUT2D eigenvalue weighted by Crippen LogP contribution is 2.36. The van der Waals surface area contributed by atoms with E-state index in [0.29, 0.717) is 23.7 Å². The molecule has 1 aromatic carbocycles. The van der Waals surface area contributed by atoms with Crippen molar-refractivity contribution in [3.05, 3.63) is 53.4 Å². The van der Waals surface area contributed by atoms with Gasteiger partial charge in [-0.05, 0) is 36.3 Å². The van der Waals surface area contributed by atoms with E-state index in [1.165, 1.54) is 11.3 Å². The molecular formula is C17H21NO3S2. The van der Waals surface area contributed by atoms with Crippen molar-refractivity contribution in [2.75, 3.05) is 19.7 Å². The molecule has 0 spiro atoms. The molecule has 2 heterocycles. The Labute approximate surface area is 141 Å². The predicted octanol–water partition coefficient (Wildman–Crippen LogP) is 2.75. The fraction of sp³-hybridized carbons (Fsp3) is 0.412. The number of piperidine rings is 1. The lowest BCUT2D eigenvalue weighted by Gasteiger charge is -2.41. The first-order valence-corrected chi connectivity index (χ1v) is 10.1. The molecule has 124 valence electrons. The Morgan fingerprint density at radius 3 is 2.61 bits per heavy atom. The minimum absolute atomic E-state index is 0.00163. The topological polar surface area (TPSA) is 57.6 Å². The molecule has 6 heteroatoms. The lowest BCUT2D eigenvalue weighted by atomic mass is 9.76. The van der Waals surface area contributed by atoms with Gasteiger partial charge in [-0.1, -0.05) is 36.4 Å². The average molecular weight is 351 g/mol. The van der Waals surface area contributed by atoms with E-state index in [-0.39, 0.29) is 6.61 Å². The molecule has 1 N–H and O–H groups in total. The van der Waals surface area contributed by atoms with Crippen molar-refractivity contribution < 1.29 is 13.5 Å². The third-order valence-corrected chi connectivity index (χ3v) is 7.69. The van der Waals surface area contributed by atoms with Crippen LogP contribution >= 0.6 is 11.3 Å². The summed E-state index contributed by atoms with van der Waals surface area (Å²) >= 11 is 1.24. The Hall–Kier alpha value is -1.21. The predicted molar refractivity (Wildman–Crippen MR) is 92.0 cm³/mol. The van der Waals surface area contributed by atoms with Crippen molar-refractivity contribution in [2.24, 2.45) is 5.41 Å². The van der Waals surface area contributed by atoms with Crippen molar-refractivity contribution in [3.8, 4) is 0 Å². The van der Waals surface area contributed by atoms with Crippen LogP contribution in [0.5, 0.6) is 0 Å². The molecule has 0 saturated carbocycles. The SMILES string of the molecule is O=S(=O)(c1cccs1)N1CCC[C@](CO)(Cc2ccccc2)C1. The Bertz CT molecular complexity index is 728. The average Bonchev–Trinajstić information content (AvgIpc) is 3.11. The van der Waals surface area contributed by atoms with Crippen LogP contribution in [0.25, 0.3) is 0 Å². The van der Waals surface area contributed by atoms with Gasteiger partial charge in [-0.25, -0.2) is 8.42 Å². The first kappa shape index (κ1) is 16.6. The highest BCUT2D eigenvalue weighted by Gasteiger charge is 2.40. The maximum atomic E-state index is 12.8. The summed E-state index contributed by atoms with van der Waals surface area (Å²) < 4.78 is 27.4. The van der Waals surface area contributed by atoms with E-state index < -0.39 is 15.4 Å². The van der Waals surface area contributed by atoms with Gasteiger partial charge >= 0.3 is 0 Å². The smallest absolute Gasteiger partial charge is 0.252 e. The fourth-order valence-electron chi connectivity index (χ4n) is 3.26. The van der Waals surface area contributed by atoms with Crippen molar-refractivity contribution in [1.29, 1.82) is 0 Å². The monoisotopic (exact) mass is 351 g/mol. The van der Waals surface area contributed by atoms with Crippen LogP contribution in [-0.4, -0.2) is 37.5 Å². The zero-order chi connectivity index (χ0) is 16.3. The summed E-state index contributed by atoms with van der Waals surface area (Å²) in [5.41, 5.74) is 0.737. The molecule has 1 atom stereocenters. The highest BCUT2D eigenvalue weighted by molar-refractivity contribution is 7.91. The number of thiophene rings is 1. The summed E-state index contributed by atoms with van der Waals surface area (Å²) in [5, 5.41) is 11.8. The van der Waals surface area contributed by atoms with Crippen LogP contribution in [0, 0.1) is 5.41 Å². The molecule has 0 bridgehead atoms. The number of hydrogen-bond acceptors (Lipinski definition) is 4. The maximum absolute atomic E-state index is 12.8. The molecule has 23 heavy (non-hydrogen) atoms. The second kappa shape index (κ2) is 6.73. The summed E-state index contributed by atoms with van der Waals surface area (Å²) in [4.78, 5) is 0. The Kier molecular flexibility index (Phi) is 4.87. The quantitative estimate of drug-likeness (QED) is 0.901. The van der Waals surface area contributed by atoms with Crippen molar-refractivity contribution >= 4 is 21.4 Å². The van der Waals surface area contributed by atoms with E-state index in [0.717, 1.165) is 18.4 Å². The molecule has 1 saturated heterocycles. The summed E-state index contributed by atoms with van der Waals surface area (Å²) in [6, 6.07) is 13.4. The van der Waals surface area contributed by atoms with E-state index in [4.69, 9.17) is 0 Å². The number of aliphatic hydroxyl groups is 1.